The number of fused-ring (bicyclic) bond motifs is 1. The summed E-state index contributed by atoms with van der Waals surface area (Å²) in [6.07, 6.45) is -0.690. The van der Waals surface area contributed by atoms with Gasteiger partial charge in [-0.15, -0.1) is 0 Å². The van der Waals surface area contributed by atoms with Crippen molar-refractivity contribution in [1.29, 1.82) is 0 Å². The van der Waals surface area contributed by atoms with E-state index < -0.39 is 12.1 Å². The van der Waals surface area contributed by atoms with Gasteiger partial charge in [0.05, 0.1) is 24.6 Å². The minimum absolute atomic E-state index is 0.180. The predicted molar refractivity (Wildman–Crippen MR) is 99.3 cm³/mol. The smallest absolute Gasteiger partial charge is 0.347 e. The third kappa shape index (κ3) is 4.44. The van der Waals surface area contributed by atoms with Gasteiger partial charge in [0.25, 0.3) is 0 Å². The van der Waals surface area contributed by atoms with Crippen molar-refractivity contribution in [2.45, 2.75) is 20.0 Å². The second-order valence-electron chi connectivity index (χ2n) is 5.62. The van der Waals surface area contributed by atoms with Gasteiger partial charge in [-0.1, -0.05) is 12.1 Å². The number of carbonyl (C=O) groups excluding carboxylic acids is 1. The average molecular weight is 368 g/mol. The minimum atomic E-state index is -0.690. The summed E-state index contributed by atoms with van der Waals surface area (Å²) in [6, 6.07) is 14.5. The van der Waals surface area contributed by atoms with Crippen molar-refractivity contribution in [1.82, 2.24) is 9.97 Å². The van der Waals surface area contributed by atoms with Crippen LogP contribution in [0, 0.1) is 0 Å². The number of esters is 1. The summed E-state index contributed by atoms with van der Waals surface area (Å²) in [5.41, 5.74) is 0.725. The molecule has 0 aliphatic heterocycles. The van der Waals surface area contributed by atoms with Crippen LogP contribution in [0.3, 0.4) is 0 Å². The Morgan fingerprint density at radius 3 is 2.44 bits per heavy atom. The van der Waals surface area contributed by atoms with Crippen LogP contribution in [-0.4, -0.2) is 35.8 Å². The third-order valence-corrected chi connectivity index (χ3v) is 3.71. The Balaban J connectivity index is 1.73. The molecular formula is C20H20N2O5. The molecular weight excluding hydrogens is 348 g/mol. The van der Waals surface area contributed by atoms with Crippen molar-refractivity contribution in [3.05, 3.63) is 48.5 Å². The molecule has 0 aliphatic rings. The summed E-state index contributed by atoms with van der Waals surface area (Å²) in [4.78, 5) is 20.3. The Morgan fingerprint density at radius 2 is 1.74 bits per heavy atom. The first-order valence-electron chi connectivity index (χ1n) is 8.52. The fourth-order valence-corrected chi connectivity index (χ4v) is 2.43. The highest BCUT2D eigenvalue weighted by atomic mass is 16.6. The molecule has 7 nitrogen and oxygen atoms in total. The van der Waals surface area contributed by atoms with Gasteiger partial charge in [-0.25, -0.2) is 4.79 Å². The molecule has 0 N–H and O–H groups in total. The molecule has 0 bridgehead atoms. The van der Waals surface area contributed by atoms with Crippen LogP contribution in [0.2, 0.25) is 0 Å². The lowest BCUT2D eigenvalue weighted by Crippen LogP contribution is -2.25. The van der Waals surface area contributed by atoms with Crippen LogP contribution >= 0.6 is 0 Å². The number of hydrogen-bond acceptors (Lipinski definition) is 7. The van der Waals surface area contributed by atoms with E-state index in [0.29, 0.717) is 24.0 Å². The van der Waals surface area contributed by atoms with Crippen molar-refractivity contribution in [2.75, 3.05) is 13.7 Å². The fourth-order valence-electron chi connectivity index (χ4n) is 2.43. The topological polar surface area (TPSA) is 79.8 Å². The van der Waals surface area contributed by atoms with Gasteiger partial charge < -0.3 is 18.9 Å². The van der Waals surface area contributed by atoms with Crippen LogP contribution in [0.4, 0.5) is 0 Å². The largest absolute Gasteiger partial charge is 0.480 e. The molecule has 27 heavy (non-hydrogen) atoms. The van der Waals surface area contributed by atoms with E-state index in [0.717, 1.165) is 10.9 Å². The van der Waals surface area contributed by atoms with Crippen LogP contribution in [0.5, 0.6) is 23.4 Å². The number of rotatable bonds is 7. The van der Waals surface area contributed by atoms with Gasteiger partial charge in [-0.2, -0.15) is 9.97 Å². The number of benzene rings is 2. The lowest BCUT2D eigenvalue weighted by atomic mass is 10.2. The normalized spacial score (nSPS) is 11.7. The van der Waals surface area contributed by atoms with Crippen LogP contribution in [0.25, 0.3) is 10.9 Å². The van der Waals surface area contributed by atoms with Crippen LogP contribution in [0.15, 0.2) is 48.5 Å². The lowest BCUT2D eigenvalue weighted by molar-refractivity contribution is -0.150. The zero-order valence-electron chi connectivity index (χ0n) is 15.3. The van der Waals surface area contributed by atoms with E-state index in [1.54, 1.807) is 45.2 Å². The lowest BCUT2D eigenvalue weighted by Gasteiger charge is -2.13. The van der Waals surface area contributed by atoms with Gasteiger partial charge in [0.15, 0.2) is 6.10 Å². The fraction of sp³-hybridized carbons (Fsp3) is 0.250. The van der Waals surface area contributed by atoms with E-state index in [-0.39, 0.29) is 6.01 Å². The standard InChI is InChI=1S/C20H20N2O5/c1-4-25-19(23)13(2)26-14-9-11-15(12-10-14)27-20-21-17-8-6-5-7-16(17)18(22-20)24-3/h5-13H,4H2,1-3H3. The maximum atomic E-state index is 11.6. The highest BCUT2D eigenvalue weighted by molar-refractivity contribution is 5.83. The predicted octanol–water partition coefficient (Wildman–Crippen LogP) is 3.76. The molecule has 0 saturated carbocycles. The van der Waals surface area contributed by atoms with Crippen LogP contribution in [0.1, 0.15) is 13.8 Å². The second kappa shape index (κ2) is 8.35. The molecule has 1 aromatic heterocycles. The van der Waals surface area contributed by atoms with Crippen molar-refractivity contribution < 1.29 is 23.7 Å². The first kappa shape index (κ1) is 18.4. The van der Waals surface area contributed by atoms with E-state index in [2.05, 4.69) is 9.97 Å². The minimum Gasteiger partial charge on any atom is -0.480 e. The molecule has 0 aliphatic carbocycles. The van der Waals surface area contributed by atoms with Gasteiger partial charge in [0, 0.05) is 0 Å². The van der Waals surface area contributed by atoms with Crippen LogP contribution in [-0.2, 0) is 9.53 Å². The molecule has 0 saturated heterocycles. The SMILES string of the molecule is CCOC(=O)C(C)Oc1ccc(Oc2nc(OC)c3ccccc3n2)cc1. The summed E-state index contributed by atoms with van der Waals surface area (Å²) in [7, 11) is 1.55. The Hall–Kier alpha value is -3.35. The molecule has 2 aromatic carbocycles. The number of hydrogen-bond donors (Lipinski definition) is 0. The number of aromatic nitrogens is 2. The maximum Gasteiger partial charge on any atom is 0.347 e. The summed E-state index contributed by atoms with van der Waals surface area (Å²) >= 11 is 0. The molecule has 0 radical (unpaired) electrons. The van der Waals surface area contributed by atoms with Crippen molar-refractivity contribution in [3.63, 3.8) is 0 Å². The summed E-state index contributed by atoms with van der Waals surface area (Å²) in [5.74, 6) is 1.09. The van der Waals surface area contributed by atoms with Gasteiger partial charge in [0.2, 0.25) is 5.88 Å². The zero-order valence-corrected chi connectivity index (χ0v) is 15.3. The molecule has 3 aromatic rings. The van der Waals surface area contributed by atoms with Crippen molar-refractivity contribution in [2.24, 2.45) is 0 Å². The Morgan fingerprint density at radius 1 is 1.04 bits per heavy atom. The summed E-state index contributed by atoms with van der Waals surface area (Å²) in [5, 5.41) is 0.809. The quantitative estimate of drug-likeness (QED) is 0.587. The average Bonchev–Trinajstić information content (AvgIpc) is 2.69. The molecule has 1 atom stereocenters. The van der Waals surface area contributed by atoms with Gasteiger partial charge in [-0.3, -0.25) is 0 Å². The number of para-hydroxylation sites is 1. The Labute approximate surface area is 156 Å². The maximum absolute atomic E-state index is 11.6. The van der Waals surface area contributed by atoms with E-state index >= 15 is 0 Å². The zero-order chi connectivity index (χ0) is 19.2. The van der Waals surface area contributed by atoms with E-state index in [4.69, 9.17) is 18.9 Å². The molecule has 7 heteroatoms. The summed E-state index contributed by atoms with van der Waals surface area (Å²) < 4.78 is 21.5. The number of methoxy groups -OCH3 is 1. The number of carbonyl (C=O) groups is 1. The molecule has 0 spiro atoms. The first-order valence-corrected chi connectivity index (χ1v) is 8.52. The van der Waals surface area contributed by atoms with E-state index in [1.807, 2.05) is 24.3 Å². The van der Waals surface area contributed by atoms with Gasteiger partial charge >= 0.3 is 12.0 Å². The number of nitrogens with zero attached hydrogens (tertiary/aromatic N) is 2. The molecule has 1 heterocycles. The van der Waals surface area contributed by atoms with Crippen molar-refractivity contribution in [3.8, 4) is 23.4 Å². The van der Waals surface area contributed by atoms with E-state index in [1.165, 1.54) is 0 Å². The van der Waals surface area contributed by atoms with Gasteiger partial charge in [-0.05, 0) is 50.2 Å². The van der Waals surface area contributed by atoms with Gasteiger partial charge in [0.1, 0.15) is 11.5 Å². The molecule has 3 rings (SSSR count). The highest BCUT2D eigenvalue weighted by Gasteiger charge is 2.15. The molecule has 0 fully saturated rings. The molecule has 140 valence electrons. The van der Waals surface area contributed by atoms with Crippen LogP contribution < -0.4 is 14.2 Å². The first-order chi connectivity index (χ1) is 13.1. The third-order valence-electron chi connectivity index (χ3n) is 3.71. The molecule has 0 amide bonds. The monoisotopic (exact) mass is 368 g/mol. The highest BCUT2D eigenvalue weighted by Crippen LogP contribution is 2.27. The summed E-state index contributed by atoms with van der Waals surface area (Å²) in [6.45, 7) is 3.70. The molecule has 1 unspecified atom stereocenters. The second-order valence-corrected chi connectivity index (χ2v) is 5.62. The van der Waals surface area contributed by atoms with E-state index in [9.17, 15) is 4.79 Å². The van der Waals surface area contributed by atoms with Crippen molar-refractivity contribution >= 4 is 16.9 Å². The number of ether oxygens (including phenoxy) is 4. The Bertz CT molecular complexity index is 927. The Kier molecular flexibility index (Phi) is 5.71.